The van der Waals surface area contributed by atoms with Gasteiger partial charge < -0.3 is 19.3 Å². The van der Waals surface area contributed by atoms with Crippen LogP contribution in [0.15, 0.2) is 42.6 Å². The third-order valence-electron chi connectivity index (χ3n) is 9.07. The van der Waals surface area contributed by atoms with Crippen molar-refractivity contribution in [3.63, 3.8) is 0 Å². The smallest absolute Gasteiger partial charge is 0.418 e. The molecule has 2 saturated heterocycles. The van der Waals surface area contributed by atoms with E-state index in [2.05, 4.69) is 15.8 Å². The molecule has 0 radical (unpaired) electrons. The second-order valence-corrected chi connectivity index (χ2v) is 12.7. The van der Waals surface area contributed by atoms with Crippen LogP contribution < -0.4 is 9.46 Å². The molecule has 4 rings (SSSR count). The summed E-state index contributed by atoms with van der Waals surface area (Å²) in [5.74, 6) is -0.927. The van der Waals surface area contributed by atoms with Gasteiger partial charge in [0.1, 0.15) is 11.4 Å². The molecule has 9 nitrogen and oxygen atoms in total. The zero-order valence-electron chi connectivity index (χ0n) is 26.9. The Morgan fingerprint density at radius 2 is 1.87 bits per heavy atom. The predicted octanol–water partition coefficient (Wildman–Crippen LogP) is 6.15. The van der Waals surface area contributed by atoms with Crippen LogP contribution in [0, 0.1) is 17.2 Å². The van der Waals surface area contributed by atoms with E-state index < -0.39 is 40.7 Å². The van der Waals surface area contributed by atoms with Crippen molar-refractivity contribution in [1.82, 2.24) is 19.5 Å². The Bertz CT molecular complexity index is 1440. The number of benzene rings is 1. The van der Waals surface area contributed by atoms with Gasteiger partial charge in [-0.25, -0.2) is 0 Å². The molecule has 2 unspecified atom stereocenters. The van der Waals surface area contributed by atoms with Gasteiger partial charge in [-0.05, 0) is 63.1 Å². The molecule has 13 heteroatoms. The molecule has 0 spiro atoms. The molecule has 2 aromatic rings. The van der Waals surface area contributed by atoms with Crippen LogP contribution in [0.4, 0.5) is 13.2 Å². The average molecular weight is 674 g/mol. The van der Waals surface area contributed by atoms with E-state index in [0.717, 1.165) is 17.7 Å². The molecule has 3 amide bonds. The van der Waals surface area contributed by atoms with Gasteiger partial charge in [-0.1, -0.05) is 43.5 Å². The number of halogens is 3. The number of alkyl halides is 3. The Morgan fingerprint density at radius 3 is 2.55 bits per heavy atom. The average Bonchev–Trinajstić information content (AvgIpc) is 3.07. The molecule has 0 bridgehead atoms. The van der Waals surface area contributed by atoms with E-state index in [-0.39, 0.29) is 18.4 Å². The molecule has 3 heterocycles. The number of rotatable bonds is 12. The normalized spacial score (nSPS) is 19.5. The maximum Gasteiger partial charge on any atom is 0.418 e. The minimum atomic E-state index is -4.74. The van der Waals surface area contributed by atoms with E-state index in [4.69, 9.17) is 4.74 Å². The Morgan fingerprint density at radius 1 is 1.13 bits per heavy atom. The van der Waals surface area contributed by atoms with Crippen molar-refractivity contribution < 1.29 is 32.3 Å². The van der Waals surface area contributed by atoms with Crippen molar-refractivity contribution >= 4 is 29.7 Å². The number of carbonyl (C=O) groups excluding carboxylic acids is 3. The summed E-state index contributed by atoms with van der Waals surface area (Å²) in [5.41, 5.74) is -1.83. The maximum absolute atomic E-state index is 14.0. The van der Waals surface area contributed by atoms with Crippen molar-refractivity contribution in [2.24, 2.45) is 5.92 Å². The largest absolute Gasteiger partial charge is 0.493 e. The summed E-state index contributed by atoms with van der Waals surface area (Å²) in [6.07, 6.45) is 2.89. The maximum atomic E-state index is 14.0. The molecule has 0 aliphatic carbocycles. The lowest BCUT2D eigenvalue weighted by molar-refractivity contribution is -0.141. The molecular formula is C34H42F3N5O4S. The number of para-hydroxylation sites is 1. The molecule has 1 N–H and O–H groups in total. The lowest BCUT2D eigenvalue weighted by Gasteiger charge is -2.44. The number of nitrogens with one attached hydrogen (secondary N) is 1. The fourth-order valence-electron chi connectivity index (χ4n) is 6.70. The van der Waals surface area contributed by atoms with Crippen LogP contribution >= 0.6 is 11.9 Å². The van der Waals surface area contributed by atoms with E-state index in [1.165, 1.54) is 23.0 Å². The van der Waals surface area contributed by atoms with Crippen LogP contribution in [0.5, 0.6) is 5.75 Å². The molecule has 1 aromatic heterocycles. The van der Waals surface area contributed by atoms with Crippen molar-refractivity contribution in [3.05, 3.63) is 59.4 Å². The third-order valence-corrected chi connectivity index (χ3v) is 9.51. The van der Waals surface area contributed by atoms with Gasteiger partial charge in [0.2, 0.25) is 11.8 Å². The standard InChI is InChI=1S/C34H42F3N5O4S/c1-3-10-27-24(11-9-19-42(27)32(45)30-26(34(35,36)37)13-8-18-39-30)31(44)41-20-16-33(23-38,17-21-41)25-12-4-5-14-28(25)46-22-7-6-15-29(43)40-47-2/h4-5,8,12-14,18,24,27H,3,6-7,9-11,15-17,19-22H2,1-2H3,(H,40,43). The highest BCUT2D eigenvalue weighted by Gasteiger charge is 2.45. The van der Waals surface area contributed by atoms with Crippen LogP contribution in [-0.2, 0) is 21.2 Å². The monoisotopic (exact) mass is 673 g/mol. The topological polar surface area (TPSA) is 116 Å². The van der Waals surface area contributed by atoms with Crippen molar-refractivity contribution in [3.8, 4) is 11.8 Å². The van der Waals surface area contributed by atoms with Gasteiger partial charge in [0.15, 0.2) is 0 Å². The number of nitriles is 1. The first-order chi connectivity index (χ1) is 22.6. The van der Waals surface area contributed by atoms with Gasteiger partial charge in [-0.2, -0.15) is 18.4 Å². The molecule has 2 fully saturated rings. The Kier molecular flexibility index (Phi) is 12.5. The molecule has 0 saturated carbocycles. The number of likely N-dealkylation sites (tertiary alicyclic amines) is 2. The number of nitrogens with zero attached hydrogens (tertiary/aromatic N) is 4. The van der Waals surface area contributed by atoms with Crippen LogP contribution in [0.25, 0.3) is 0 Å². The first-order valence-corrected chi connectivity index (χ1v) is 17.4. The fourth-order valence-corrected chi connectivity index (χ4v) is 7.03. The molecule has 2 aliphatic heterocycles. The summed E-state index contributed by atoms with van der Waals surface area (Å²) >= 11 is 1.27. The number of hydrogen-bond acceptors (Lipinski definition) is 7. The molecule has 1 aromatic carbocycles. The minimum Gasteiger partial charge on any atom is -0.493 e. The first kappa shape index (κ1) is 36.1. The zero-order chi connectivity index (χ0) is 34.0. The van der Waals surface area contributed by atoms with Gasteiger partial charge >= 0.3 is 6.18 Å². The van der Waals surface area contributed by atoms with E-state index >= 15 is 0 Å². The predicted molar refractivity (Wildman–Crippen MR) is 172 cm³/mol. The van der Waals surface area contributed by atoms with Crippen molar-refractivity contribution in [1.29, 1.82) is 5.26 Å². The third kappa shape index (κ3) is 8.58. The van der Waals surface area contributed by atoms with Crippen molar-refractivity contribution in [2.75, 3.05) is 32.5 Å². The van der Waals surface area contributed by atoms with Gasteiger partial charge in [-0.3, -0.25) is 19.4 Å². The van der Waals surface area contributed by atoms with E-state index in [0.29, 0.717) is 83.2 Å². The summed E-state index contributed by atoms with van der Waals surface area (Å²) in [5, 5.41) is 10.4. The van der Waals surface area contributed by atoms with Crippen LogP contribution in [0.3, 0.4) is 0 Å². The van der Waals surface area contributed by atoms with Crippen LogP contribution in [0.1, 0.15) is 86.3 Å². The fraction of sp³-hybridized carbons (Fsp3) is 0.559. The van der Waals surface area contributed by atoms with Gasteiger partial charge in [-0.15, -0.1) is 0 Å². The lowest BCUT2D eigenvalue weighted by Crippen LogP contribution is -2.55. The van der Waals surface area contributed by atoms with E-state index in [9.17, 15) is 32.8 Å². The van der Waals surface area contributed by atoms with Crippen LogP contribution in [0.2, 0.25) is 0 Å². The molecule has 2 atom stereocenters. The summed E-state index contributed by atoms with van der Waals surface area (Å²) < 4.78 is 50.0. The number of pyridine rings is 1. The second-order valence-electron chi connectivity index (χ2n) is 12.1. The van der Waals surface area contributed by atoms with Crippen LogP contribution in [-0.4, -0.2) is 71.0 Å². The Labute approximate surface area is 278 Å². The summed E-state index contributed by atoms with van der Waals surface area (Å²) in [6.45, 7) is 3.22. The van der Waals surface area contributed by atoms with Gasteiger partial charge in [0.05, 0.1) is 29.6 Å². The number of unbranched alkanes of at least 4 members (excludes halogenated alkanes) is 1. The highest BCUT2D eigenvalue weighted by atomic mass is 32.2. The highest BCUT2D eigenvalue weighted by molar-refractivity contribution is 7.97. The number of hydrogen-bond donors (Lipinski definition) is 1. The quantitative estimate of drug-likeness (QED) is 0.212. The summed E-state index contributed by atoms with van der Waals surface area (Å²) in [7, 11) is 0. The van der Waals surface area contributed by atoms with Crippen molar-refractivity contribution in [2.45, 2.75) is 82.3 Å². The summed E-state index contributed by atoms with van der Waals surface area (Å²) in [4.78, 5) is 46.2. The lowest BCUT2D eigenvalue weighted by atomic mass is 9.73. The summed E-state index contributed by atoms with van der Waals surface area (Å²) in [6, 6.07) is 11.4. The zero-order valence-corrected chi connectivity index (χ0v) is 27.7. The first-order valence-electron chi connectivity index (χ1n) is 16.1. The van der Waals surface area contributed by atoms with E-state index in [1.807, 2.05) is 31.2 Å². The Balaban J connectivity index is 1.44. The molecule has 2 aliphatic rings. The SMILES string of the molecule is CCCC1C(C(=O)N2CCC(C#N)(c3ccccc3OCCCCC(=O)NSC)CC2)CCCN1C(=O)c1ncccc1C(F)(F)F. The molecular weight excluding hydrogens is 631 g/mol. The number of piperidine rings is 2. The number of ether oxygens (including phenoxy) is 1. The minimum absolute atomic E-state index is 0.0278. The van der Waals surface area contributed by atoms with Gasteiger partial charge in [0.25, 0.3) is 5.91 Å². The van der Waals surface area contributed by atoms with E-state index in [1.54, 1.807) is 11.2 Å². The number of amides is 3. The Hall–Kier alpha value is -3.79. The number of carbonyl (C=O) groups is 3. The number of aromatic nitrogens is 1. The molecule has 47 heavy (non-hydrogen) atoms. The molecule has 254 valence electrons. The second kappa shape index (κ2) is 16.4. The van der Waals surface area contributed by atoms with Gasteiger partial charge in [0, 0.05) is 50.1 Å². The highest BCUT2D eigenvalue weighted by Crippen LogP contribution is 2.41.